The summed E-state index contributed by atoms with van der Waals surface area (Å²) in [5.74, 6) is -0.0567. The Balaban J connectivity index is 2.23. The molecule has 0 fully saturated rings. The largest absolute Gasteiger partial charge is 0.339 e. The summed E-state index contributed by atoms with van der Waals surface area (Å²) in [5.41, 5.74) is 2.36. The van der Waals surface area contributed by atoms with E-state index in [4.69, 9.17) is 0 Å². The van der Waals surface area contributed by atoms with Crippen LogP contribution in [0.4, 0.5) is 0 Å². The van der Waals surface area contributed by atoms with Gasteiger partial charge in [0.15, 0.2) is 0 Å². The minimum absolute atomic E-state index is 0.0148. The van der Waals surface area contributed by atoms with Crippen LogP contribution in [-0.4, -0.2) is 43.8 Å². The van der Waals surface area contributed by atoms with Crippen molar-refractivity contribution < 1.29 is 13.2 Å². The summed E-state index contributed by atoms with van der Waals surface area (Å²) in [7, 11) is -3.10. The molecule has 1 aliphatic carbocycles. The molecule has 1 aliphatic rings. The van der Waals surface area contributed by atoms with E-state index >= 15 is 0 Å². The van der Waals surface area contributed by atoms with Crippen molar-refractivity contribution in [1.29, 1.82) is 0 Å². The highest BCUT2D eigenvalue weighted by atomic mass is 32.2. The molecule has 2 rings (SSSR count). The van der Waals surface area contributed by atoms with Crippen molar-refractivity contribution in [3.05, 3.63) is 35.4 Å². The number of benzene rings is 1. The second-order valence-corrected chi connectivity index (χ2v) is 8.39. The minimum atomic E-state index is -3.10. The summed E-state index contributed by atoms with van der Waals surface area (Å²) in [4.78, 5) is 14.7. The fraction of sp³-hybridized carbons (Fsp3) is 0.588. The van der Waals surface area contributed by atoms with E-state index in [9.17, 15) is 13.2 Å². The van der Waals surface area contributed by atoms with Gasteiger partial charge in [0.1, 0.15) is 9.84 Å². The zero-order valence-electron chi connectivity index (χ0n) is 13.6. The molecular weight excluding hydrogens is 298 g/mol. The number of likely N-dealkylation sites (N-methyl/N-ethyl adjacent to an activating group) is 1. The molecule has 0 radical (unpaired) electrons. The number of carbonyl (C=O) groups excluding carboxylic acids is 1. The lowest BCUT2D eigenvalue weighted by Crippen LogP contribution is -2.45. The van der Waals surface area contributed by atoms with Crippen molar-refractivity contribution in [1.82, 2.24) is 4.90 Å². The van der Waals surface area contributed by atoms with Gasteiger partial charge in [-0.1, -0.05) is 24.3 Å². The first-order chi connectivity index (χ1) is 10.3. The highest BCUT2D eigenvalue weighted by molar-refractivity contribution is 7.90. The van der Waals surface area contributed by atoms with Crippen molar-refractivity contribution in [2.45, 2.75) is 45.1 Å². The number of sulfone groups is 1. The van der Waals surface area contributed by atoms with Crippen molar-refractivity contribution in [2.75, 3.05) is 18.6 Å². The number of fused-ring (bicyclic) bond motifs is 1. The average Bonchev–Trinajstić information content (AvgIpc) is 2.45. The third kappa shape index (κ3) is 3.88. The topological polar surface area (TPSA) is 54.5 Å². The van der Waals surface area contributed by atoms with Gasteiger partial charge in [-0.25, -0.2) is 8.42 Å². The molecular formula is C17H25NO3S. The predicted molar refractivity (Wildman–Crippen MR) is 88.7 cm³/mol. The summed E-state index contributed by atoms with van der Waals surface area (Å²) in [5, 5.41) is 0. The van der Waals surface area contributed by atoms with E-state index in [-0.39, 0.29) is 23.6 Å². The van der Waals surface area contributed by atoms with E-state index in [1.807, 2.05) is 32.0 Å². The summed E-state index contributed by atoms with van der Waals surface area (Å²) >= 11 is 0. The Labute approximate surface area is 133 Å². The summed E-state index contributed by atoms with van der Waals surface area (Å²) in [6, 6.07) is 7.81. The molecule has 0 unspecified atom stereocenters. The number of hydrogen-bond acceptors (Lipinski definition) is 3. The fourth-order valence-corrected chi connectivity index (χ4v) is 4.48. The van der Waals surface area contributed by atoms with E-state index in [1.54, 1.807) is 4.90 Å². The standard InChI is InChI=1S/C17H25NO3S/c1-4-18(13(2)12-22(3,20)21)17(19)16-11-7-9-14-8-5-6-10-15(14)16/h5-6,8,10,13,16H,4,7,9,11-12H2,1-3H3/t13-,16-/m1/s1. The Morgan fingerprint density at radius 1 is 1.36 bits per heavy atom. The quantitative estimate of drug-likeness (QED) is 0.836. The molecule has 0 spiro atoms. The molecule has 0 aliphatic heterocycles. The van der Waals surface area contributed by atoms with Crippen LogP contribution in [0, 0.1) is 0 Å². The van der Waals surface area contributed by atoms with Gasteiger partial charge >= 0.3 is 0 Å². The van der Waals surface area contributed by atoms with Crippen molar-refractivity contribution >= 4 is 15.7 Å². The lowest BCUT2D eigenvalue weighted by molar-refractivity contribution is -0.134. The van der Waals surface area contributed by atoms with Crippen LogP contribution in [0.1, 0.15) is 43.7 Å². The monoisotopic (exact) mass is 323 g/mol. The van der Waals surface area contributed by atoms with Gasteiger partial charge in [0.05, 0.1) is 11.7 Å². The molecule has 4 nitrogen and oxygen atoms in total. The molecule has 1 amide bonds. The zero-order valence-corrected chi connectivity index (χ0v) is 14.4. The van der Waals surface area contributed by atoms with Crippen LogP contribution in [0.15, 0.2) is 24.3 Å². The molecule has 2 atom stereocenters. The first-order valence-corrected chi connectivity index (χ1v) is 9.95. The number of nitrogens with zero attached hydrogens (tertiary/aromatic N) is 1. The summed E-state index contributed by atoms with van der Waals surface area (Å²) < 4.78 is 23.0. The second-order valence-electron chi connectivity index (χ2n) is 6.21. The molecule has 5 heteroatoms. The molecule has 0 N–H and O–H groups in total. The molecule has 122 valence electrons. The fourth-order valence-electron chi connectivity index (χ4n) is 3.42. The number of amides is 1. The molecule has 0 heterocycles. The van der Waals surface area contributed by atoms with Gasteiger partial charge in [0.2, 0.25) is 5.91 Å². The van der Waals surface area contributed by atoms with Crippen LogP contribution in [0.2, 0.25) is 0 Å². The normalized spacial score (nSPS) is 19.3. The van der Waals surface area contributed by atoms with E-state index in [1.165, 1.54) is 11.8 Å². The second kappa shape index (κ2) is 6.82. The van der Waals surface area contributed by atoms with Crippen molar-refractivity contribution in [2.24, 2.45) is 0 Å². The smallest absolute Gasteiger partial charge is 0.230 e. The Bertz CT molecular complexity index is 639. The Morgan fingerprint density at radius 2 is 2.05 bits per heavy atom. The van der Waals surface area contributed by atoms with Crippen molar-refractivity contribution in [3.8, 4) is 0 Å². The minimum Gasteiger partial charge on any atom is -0.339 e. The van der Waals surface area contributed by atoms with Crippen molar-refractivity contribution in [3.63, 3.8) is 0 Å². The van der Waals surface area contributed by atoms with Crippen LogP contribution < -0.4 is 0 Å². The molecule has 1 aromatic carbocycles. The lowest BCUT2D eigenvalue weighted by Gasteiger charge is -2.33. The molecule has 0 saturated heterocycles. The molecule has 22 heavy (non-hydrogen) atoms. The van der Waals surface area contributed by atoms with Gasteiger partial charge in [-0.3, -0.25) is 4.79 Å². The van der Waals surface area contributed by atoms with Gasteiger partial charge in [-0.15, -0.1) is 0 Å². The maximum Gasteiger partial charge on any atom is 0.230 e. The number of rotatable bonds is 5. The van der Waals surface area contributed by atoms with Gasteiger partial charge in [0, 0.05) is 18.8 Å². The maximum atomic E-state index is 13.0. The first kappa shape index (κ1) is 17.0. The molecule has 0 saturated carbocycles. The third-order valence-corrected chi connectivity index (χ3v) is 5.46. The van der Waals surface area contributed by atoms with Crippen LogP contribution in [0.25, 0.3) is 0 Å². The van der Waals surface area contributed by atoms with E-state index in [2.05, 4.69) is 6.07 Å². The molecule has 0 bridgehead atoms. The van der Waals surface area contributed by atoms with E-state index in [0.29, 0.717) is 6.54 Å². The highest BCUT2D eigenvalue weighted by Crippen LogP contribution is 2.33. The van der Waals surface area contributed by atoms with Gasteiger partial charge in [0.25, 0.3) is 0 Å². The Hall–Kier alpha value is -1.36. The van der Waals surface area contributed by atoms with Gasteiger partial charge < -0.3 is 4.90 Å². The molecule has 0 aromatic heterocycles. The summed E-state index contributed by atoms with van der Waals surface area (Å²) in [6.45, 7) is 4.26. The van der Waals surface area contributed by atoms with Gasteiger partial charge in [-0.05, 0) is 44.2 Å². The van der Waals surface area contributed by atoms with E-state index < -0.39 is 9.84 Å². The SMILES string of the molecule is CCN(C(=O)[C@@H]1CCCc2ccccc21)[C@H](C)CS(C)(=O)=O. The average molecular weight is 323 g/mol. The van der Waals surface area contributed by atoms with Crippen LogP contribution >= 0.6 is 0 Å². The zero-order chi connectivity index (χ0) is 16.3. The van der Waals surface area contributed by atoms with Crippen LogP contribution in [0.3, 0.4) is 0 Å². The summed E-state index contributed by atoms with van der Waals surface area (Å²) in [6.07, 6.45) is 4.09. The Morgan fingerprint density at radius 3 is 2.68 bits per heavy atom. The number of aryl methyl sites for hydroxylation is 1. The predicted octanol–water partition coefficient (Wildman–Crippen LogP) is 2.39. The maximum absolute atomic E-state index is 13.0. The molecule has 1 aromatic rings. The van der Waals surface area contributed by atoms with Crippen LogP contribution in [-0.2, 0) is 21.1 Å². The third-order valence-electron chi connectivity index (χ3n) is 4.37. The number of hydrogen-bond donors (Lipinski definition) is 0. The van der Waals surface area contributed by atoms with Crippen LogP contribution in [0.5, 0.6) is 0 Å². The van der Waals surface area contributed by atoms with E-state index in [0.717, 1.165) is 24.8 Å². The van der Waals surface area contributed by atoms with Gasteiger partial charge in [-0.2, -0.15) is 0 Å². The highest BCUT2D eigenvalue weighted by Gasteiger charge is 2.32. The Kier molecular flexibility index (Phi) is 5.27. The number of carbonyl (C=O) groups is 1. The first-order valence-electron chi connectivity index (χ1n) is 7.89. The lowest BCUT2D eigenvalue weighted by atomic mass is 9.82.